The first kappa shape index (κ1) is 19.2. The van der Waals surface area contributed by atoms with Gasteiger partial charge < -0.3 is 10.8 Å². The van der Waals surface area contributed by atoms with E-state index in [0.717, 1.165) is 30.6 Å². The van der Waals surface area contributed by atoms with Crippen molar-refractivity contribution in [3.05, 3.63) is 82.4 Å². The van der Waals surface area contributed by atoms with Crippen molar-refractivity contribution in [3.8, 4) is 0 Å². The summed E-state index contributed by atoms with van der Waals surface area (Å²) >= 11 is 0. The minimum Gasteiger partial charge on any atom is -0.392 e. The second-order valence-corrected chi connectivity index (χ2v) is 7.22. The molecule has 0 bridgehead atoms. The Balaban J connectivity index is 1.52. The number of benzene rings is 2. The van der Waals surface area contributed by atoms with Crippen LogP contribution < -0.4 is 5.73 Å². The van der Waals surface area contributed by atoms with Crippen LogP contribution in [-0.2, 0) is 30.9 Å². The Morgan fingerprint density at radius 2 is 2.03 bits per heavy atom. The first-order valence-corrected chi connectivity index (χ1v) is 9.43. The van der Waals surface area contributed by atoms with Gasteiger partial charge >= 0.3 is 0 Å². The van der Waals surface area contributed by atoms with Crippen molar-refractivity contribution < 1.29 is 14.3 Å². The van der Waals surface area contributed by atoms with Gasteiger partial charge in [-0.25, -0.2) is 9.07 Å². The second kappa shape index (κ2) is 8.10. The Morgan fingerprint density at radius 3 is 2.76 bits per heavy atom. The van der Waals surface area contributed by atoms with E-state index in [0.29, 0.717) is 17.8 Å². The SMILES string of the molecule is NC(=O)C(c1ccc(F)cc1)n1cc(CN2CCc3cccc(CO)c3C2)nn1. The molecule has 3 N–H and O–H groups in total. The molecule has 3 aromatic rings. The van der Waals surface area contributed by atoms with Gasteiger partial charge in [-0.05, 0) is 40.8 Å². The number of primary amides is 1. The summed E-state index contributed by atoms with van der Waals surface area (Å²) in [6.45, 7) is 2.17. The zero-order valence-electron chi connectivity index (χ0n) is 15.8. The fraction of sp³-hybridized carbons (Fsp3) is 0.286. The molecule has 4 rings (SSSR count). The molecule has 0 saturated carbocycles. The van der Waals surface area contributed by atoms with Crippen molar-refractivity contribution in [3.63, 3.8) is 0 Å². The van der Waals surface area contributed by atoms with Crippen LogP contribution in [0.4, 0.5) is 4.39 Å². The normalized spacial score (nSPS) is 15.1. The molecular weight excluding hydrogens is 373 g/mol. The largest absolute Gasteiger partial charge is 0.392 e. The van der Waals surface area contributed by atoms with Crippen molar-refractivity contribution in [2.45, 2.75) is 32.2 Å². The number of aliphatic hydroxyl groups is 1. The summed E-state index contributed by atoms with van der Waals surface area (Å²) < 4.78 is 14.6. The number of hydrogen-bond acceptors (Lipinski definition) is 5. The van der Waals surface area contributed by atoms with Crippen LogP contribution in [0.5, 0.6) is 0 Å². The highest BCUT2D eigenvalue weighted by Gasteiger charge is 2.23. The quantitative estimate of drug-likeness (QED) is 0.660. The number of rotatable bonds is 6. The maximum absolute atomic E-state index is 13.2. The summed E-state index contributed by atoms with van der Waals surface area (Å²) in [4.78, 5) is 14.2. The number of nitrogens with two attached hydrogens (primary N) is 1. The van der Waals surface area contributed by atoms with Crippen molar-refractivity contribution >= 4 is 5.91 Å². The molecule has 2 aromatic carbocycles. The molecule has 0 aliphatic carbocycles. The number of carbonyl (C=O) groups excluding carboxylic acids is 1. The highest BCUT2D eigenvalue weighted by Crippen LogP contribution is 2.24. The molecule has 7 nitrogen and oxygen atoms in total. The molecule has 8 heteroatoms. The number of aliphatic hydroxyl groups excluding tert-OH is 1. The first-order valence-electron chi connectivity index (χ1n) is 9.43. The van der Waals surface area contributed by atoms with Gasteiger partial charge in [-0.15, -0.1) is 5.10 Å². The molecule has 1 aromatic heterocycles. The molecule has 0 saturated heterocycles. The molecule has 1 unspecified atom stereocenters. The van der Waals surface area contributed by atoms with E-state index in [2.05, 4.69) is 21.3 Å². The summed E-state index contributed by atoms with van der Waals surface area (Å²) in [6.07, 6.45) is 2.60. The molecule has 1 aliphatic rings. The number of halogens is 1. The van der Waals surface area contributed by atoms with Crippen molar-refractivity contribution in [1.29, 1.82) is 0 Å². The van der Waals surface area contributed by atoms with Gasteiger partial charge in [-0.1, -0.05) is 35.5 Å². The summed E-state index contributed by atoms with van der Waals surface area (Å²) in [5.41, 5.74) is 10.2. The maximum Gasteiger partial charge on any atom is 0.246 e. The third-order valence-corrected chi connectivity index (χ3v) is 5.28. The third-order valence-electron chi connectivity index (χ3n) is 5.28. The van der Waals surface area contributed by atoms with Crippen LogP contribution in [0.2, 0.25) is 0 Å². The summed E-state index contributed by atoms with van der Waals surface area (Å²) in [5.74, 6) is -0.976. The number of nitrogens with zero attached hydrogens (tertiary/aromatic N) is 4. The zero-order chi connectivity index (χ0) is 20.4. The monoisotopic (exact) mass is 395 g/mol. The molecule has 1 atom stereocenters. The summed E-state index contributed by atoms with van der Waals surface area (Å²) in [7, 11) is 0. The highest BCUT2D eigenvalue weighted by atomic mass is 19.1. The minimum atomic E-state index is -0.847. The van der Waals surface area contributed by atoms with Gasteiger partial charge in [0.15, 0.2) is 6.04 Å². The Labute approximate surface area is 167 Å². The van der Waals surface area contributed by atoms with Crippen LogP contribution in [0.1, 0.15) is 34.0 Å². The Bertz CT molecular complexity index is 1000. The van der Waals surface area contributed by atoms with E-state index in [1.807, 2.05) is 12.1 Å². The van der Waals surface area contributed by atoms with E-state index in [1.54, 1.807) is 6.20 Å². The molecule has 0 fully saturated rings. The smallest absolute Gasteiger partial charge is 0.246 e. The number of carbonyl (C=O) groups is 1. The highest BCUT2D eigenvalue weighted by molar-refractivity contribution is 5.81. The summed E-state index contributed by atoms with van der Waals surface area (Å²) in [6, 6.07) is 10.8. The first-order chi connectivity index (χ1) is 14.0. The standard InChI is InChI=1S/C21H22FN5O2/c22-17-6-4-15(5-7-17)20(21(23)29)27-11-18(24-25-27)10-26-9-8-14-2-1-3-16(13-28)19(14)12-26/h1-7,11,20,28H,8-10,12-13H2,(H2,23,29). The lowest BCUT2D eigenvalue weighted by atomic mass is 9.95. The predicted molar refractivity (Wildman–Crippen MR) is 104 cm³/mol. The molecular formula is C21H22FN5O2. The fourth-order valence-electron chi connectivity index (χ4n) is 3.82. The zero-order valence-corrected chi connectivity index (χ0v) is 15.8. The maximum atomic E-state index is 13.2. The van der Waals surface area contributed by atoms with Gasteiger partial charge in [0.25, 0.3) is 0 Å². The lowest BCUT2D eigenvalue weighted by Gasteiger charge is -2.29. The number of aromatic nitrogens is 3. The van der Waals surface area contributed by atoms with Crippen molar-refractivity contribution in [2.24, 2.45) is 5.73 Å². The average Bonchev–Trinajstić information content (AvgIpc) is 3.16. The number of fused-ring (bicyclic) bond motifs is 1. The number of amides is 1. The van der Waals surface area contributed by atoms with Crippen LogP contribution in [0.3, 0.4) is 0 Å². The molecule has 1 amide bonds. The number of hydrogen-bond donors (Lipinski definition) is 2. The lowest BCUT2D eigenvalue weighted by Crippen LogP contribution is -2.31. The van der Waals surface area contributed by atoms with E-state index >= 15 is 0 Å². The Morgan fingerprint density at radius 1 is 1.24 bits per heavy atom. The Hall–Kier alpha value is -3.10. The van der Waals surface area contributed by atoms with Gasteiger partial charge in [0.05, 0.1) is 18.5 Å². The van der Waals surface area contributed by atoms with Crippen molar-refractivity contribution in [1.82, 2.24) is 19.9 Å². The van der Waals surface area contributed by atoms with E-state index in [4.69, 9.17) is 5.73 Å². The van der Waals surface area contributed by atoms with Crippen LogP contribution in [0.15, 0.2) is 48.7 Å². The Kier molecular flexibility index (Phi) is 5.37. The van der Waals surface area contributed by atoms with Crippen LogP contribution in [0, 0.1) is 5.82 Å². The molecule has 0 spiro atoms. The molecule has 150 valence electrons. The van der Waals surface area contributed by atoms with Crippen LogP contribution >= 0.6 is 0 Å². The van der Waals surface area contributed by atoms with Gasteiger partial charge in [-0.2, -0.15) is 0 Å². The molecule has 2 heterocycles. The third kappa shape index (κ3) is 4.03. The average molecular weight is 395 g/mol. The van der Waals surface area contributed by atoms with Crippen LogP contribution in [0.25, 0.3) is 0 Å². The molecule has 0 radical (unpaired) electrons. The van der Waals surface area contributed by atoms with Gasteiger partial charge in [0.1, 0.15) is 5.82 Å². The topological polar surface area (TPSA) is 97.3 Å². The molecule has 29 heavy (non-hydrogen) atoms. The van der Waals surface area contributed by atoms with E-state index in [-0.39, 0.29) is 12.4 Å². The van der Waals surface area contributed by atoms with Gasteiger partial charge in [0.2, 0.25) is 5.91 Å². The van der Waals surface area contributed by atoms with E-state index < -0.39 is 11.9 Å². The van der Waals surface area contributed by atoms with E-state index in [1.165, 1.54) is 34.5 Å². The van der Waals surface area contributed by atoms with Gasteiger partial charge in [0, 0.05) is 19.6 Å². The second-order valence-electron chi connectivity index (χ2n) is 7.22. The van der Waals surface area contributed by atoms with Crippen molar-refractivity contribution in [2.75, 3.05) is 6.54 Å². The summed E-state index contributed by atoms with van der Waals surface area (Å²) in [5, 5.41) is 17.9. The predicted octanol–water partition coefficient (Wildman–Crippen LogP) is 1.54. The van der Waals surface area contributed by atoms with E-state index in [9.17, 15) is 14.3 Å². The lowest BCUT2D eigenvalue weighted by molar-refractivity contribution is -0.120. The minimum absolute atomic E-state index is 0.0190. The van der Waals surface area contributed by atoms with Gasteiger partial charge in [-0.3, -0.25) is 9.69 Å². The fourth-order valence-corrected chi connectivity index (χ4v) is 3.82. The molecule has 1 aliphatic heterocycles. The van der Waals surface area contributed by atoms with Crippen LogP contribution in [-0.4, -0.2) is 37.5 Å².